The van der Waals surface area contributed by atoms with Crippen LogP contribution in [0.5, 0.6) is 0 Å². The van der Waals surface area contributed by atoms with Crippen LogP contribution in [0.15, 0.2) is 18.2 Å². The highest BCUT2D eigenvalue weighted by Crippen LogP contribution is 2.19. The molecule has 0 radical (unpaired) electrons. The zero-order chi connectivity index (χ0) is 14.1. The first kappa shape index (κ1) is 12.9. The first-order chi connectivity index (χ1) is 9.65. The van der Waals surface area contributed by atoms with Crippen molar-refractivity contribution in [2.24, 2.45) is 7.05 Å². The average Bonchev–Trinajstić information content (AvgIpc) is 3.16. The van der Waals surface area contributed by atoms with E-state index in [1.54, 1.807) is 6.07 Å². The summed E-state index contributed by atoms with van der Waals surface area (Å²) in [6.45, 7) is 0.483. The monoisotopic (exact) mass is 276 g/mol. The molecule has 5 nitrogen and oxygen atoms in total. The van der Waals surface area contributed by atoms with Gasteiger partial charge in [0, 0.05) is 26.1 Å². The van der Waals surface area contributed by atoms with E-state index in [1.807, 2.05) is 17.7 Å². The molecule has 3 rings (SSSR count). The van der Waals surface area contributed by atoms with Crippen molar-refractivity contribution >= 4 is 17.1 Å². The van der Waals surface area contributed by atoms with Crippen LogP contribution >= 0.6 is 0 Å². The van der Waals surface area contributed by atoms with Crippen LogP contribution in [0.1, 0.15) is 18.7 Å². The van der Waals surface area contributed by atoms with Crippen molar-refractivity contribution in [1.29, 1.82) is 0 Å². The van der Waals surface area contributed by atoms with Crippen LogP contribution in [0.25, 0.3) is 11.0 Å². The van der Waals surface area contributed by atoms with E-state index in [1.165, 1.54) is 6.07 Å². The lowest BCUT2D eigenvalue weighted by atomic mass is 10.3. The lowest BCUT2D eigenvalue weighted by Crippen LogP contribution is -2.37. The quantitative estimate of drug-likeness (QED) is 0.893. The van der Waals surface area contributed by atoms with E-state index in [4.69, 9.17) is 0 Å². The number of hydrogen-bond acceptors (Lipinski definition) is 2. The lowest BCUT2D eigenvalue weighted by Gasteiger charge is -2.06. The number of imidazole rings is 1. The third-order valence-electron chi connectivity index (χ3n) is 3.50. The molecule has 0 saturated heterocycles. The van der Waals surface area contributed by atoms with Crippen LogP contribution in [0, 0.1) is 5.82 Å². The Bertz CT molecular complexity index is 648. The highest BCUT2D eigenvalue weighted by molar-refractivity contribution is 5.76. The van der Waals surface area contributed by atoms with Gasteiger partial charge in [-0.1, -0.05) is 6.07 Å². The van der Waals surface area contributed by atoms with Crippen molar-refractivity contribution in [2.75, 3.05) is 6.54 Å². The summed E-state index contributed by atoms with van der Waals surface area (Å²) in [5.74, 6) is 0.445. The molecule has 1 aromatic heterocycles. The summed E-state index contributed by atoms with van der Waals surface area (Å²) in [5, 5.41) is 5.64. The van der Waals surface area contributed by atoms with Crippen LogP contribution in [0.3, 0.4) is 0 Å². The molecule has 1 heterocycles. The van der Waals surface area contributed by atoms with Crippen LogP contribution in [0.2, 0.25) is 0 Å². The summed E-state index contributed by atoms with van der Waals surface area (Å²) < 4.78 is 15.5. The Morgan fingerprint density at radius 1 is 1.50 bits per heavy atom. The summed E-state index contributed by atoms with van der Waals surface area (Å²) in [5.41, 5.74) is 1.15. The molecule has 1 aromatic carbocycles. The molecular formula is C14H17FN4O. The Labute approximate surface area is 116 Å². The molecule has 6 heteroatoms. The molecule has 2 aromatic rings. The second-order valence-corrected chi connectivity index (χ2v) is 5.12. The molecule has 0 bridgehead atoms. The van der Waals surface area contributed by atoms with E-state index in [9.17, 15) is 9.18 Å². The van der Waals surface area contributed by atoms with E-state index in [2.05, 4.69) is 15.6 Å². The second-order valence-electron chi connectivity index (χ2n) is 5.12. The predicted molar refractivity (Wildman–Crippen MR) is 73.9 cm³/mol. The Kier molecular flexibility index (Phi) is 3.30. The van der Waals surface area contributed by atoms with Gasteiger partial charge in [-0.3, -0.25) is 0 Å². The Morgan fingerprint density at radius 2 is 2.30 bits per heavy atom. The number of carbonyl (C=O) groups is 1. The summed E-state index contributed by atoms with van der Waals surface area (Å²) in [4.78, 5) is 15.8. The number of hydrogen-bond donors (Lipinski definition) is 2. The SMILES string of the molecule is Cn1c(CCNC(=O)NC2CC2)nc2c(F)cccc21. The van der Waals surface area contributed by atoms with Crippen LogP contribution in [-0.2, 0) is 13.5 Å². The number of para-hydroxylation sites is 1. The fourth-order valence-electron chi connectivity index (χ4n) is 2.20. The van der Waals surface area contributed by atoms with Gasteiger partial charge in [0.2, 0.25) is 0 Å². The van der Waals surface area contributed by atoms with Gasteiger partial charge in [0.15, 0.2) is 5.82 Å². The van der Waals surface area contributed by atoms with Gasteiger partial charge in [-0.2, -0.15) is 0 Å². The van der Waals surface area contributed by atoms with E-state index in [0.29, 0.717) is 24.5 Å². The molecule has 106 valence electrons. The number of nitrogens with one attached hydrogen (secondary N) is 2. The van der Waals surface area contributed by atoms with E-state index in [0.717, 1.165) is 24.2 Å². The Balaban J connectivity index is 1.63. The van der Waals surface area contributed by atoms with Crippen LogP contribution in [0.4, 0.5) is 9.18 Å². The number of aromatic nitrogens is 2. The lowest BCUT2D eigenvalue weighted by molar-refractivity contribution is 0.240. The largest absolute Gasteiger partial charge is 0.338 e. The molecule has 0 atom stereocenters. The number of fused-ring (bicyclic) bond motifs is 1. The third kappa shape index (κ3) is 2.59. The van der Waals surface area contributed by atoms with Gasteiger partial charge in [-0.05, 0) is 25.0 Å². The Hall–Kier alpha value is -2.11. The summed E-state index contributed by atoms with van der Waals surface area (Å²) in [6.07, 6.45) is 2.71. The Morgan fingerprint density at radius 3 is 3.00 bits per heavy atom. The molecule has 0 spiro atoms. The summed E-state index contributed by atoms with van der Waals surface area (Å²) >= 11 is 0. The third-order valence-corrected chi connectivity index (χ3v) is 3.50. The van der Waals surface area contributed by atoms with Gasteiger partial charge in [-0.15, -0.1) is 0 Å². The standard InChI is InChI=1S/C14H17FN4O/c1-19-11-4-2-3-10(15)13(11)18-12(19)7-8-16-14(20)17-9-5-6-9/h2-4,9H,5-8H2,1H3,(H2,16,17,20). The van der Waals surface area contributed by atoms with Gasteiger partial charge < -0.3 is 15.2 Å². The number of benzene rings is 1. The molecule has 1 aliphatic carbocycles. The van der Waals surface area contributed by atoms with Crippen molar-refractivity contribution < 1.29 is 9.18 Å². The molecule has 0 aliphatic heterocycles. The molecule has 1 aliphatic rings. The fraction of sp³-hybridized carbons (Fsp3) is 0.429. The fourth-order valence-corrected chi connectivity index (χ4v) is 2.20. The highest BCUT2D eigenvalue weighted by Gasteiger charge is 2.22. The predicted octanol–water partition coefficient (Wildman–Crippen LogP) is 1.72. The maximum Gasteiger partial charge on any atom is 0.315 e. The van der Waals surface area contributed by atoms with Crippen LogP contribution < -0.4 is 10.6 Å². The average molecular weight is 276 g/mol. The zero-order valence-electron chi connectivity index (χ0n) is 11.3. The van der Waals surface area contributed by atoms with Crippen molar-refractivity contribution in [3.8, 4) is 0 Å². The van der Waals surface area contributed by atoms with Crippen molar-refractivity contribution in [3.05, 3.63) is 29.8 Å². The molecule has 1 saturated carbocycles. The van der Waals surface area contributed by atoms with E-state index >= 15 is 0 Å². The number of nitrogens with zero attached hydrogens (tertiary/aromatic N) is 2. The van der Waals surface area contributed by atoms with Gasteiger partial charge in [0.25, 0.3) is 0 Å². The minimum Gasteiger partial charge on any atom is -0.338 e. The summed E-state index contributed by atoms with van der Waals surface area (Å²) in [7, 11) is 1.86. The molecule has 2 N–H and O–H groups in total. The maximum absolute atomic E-state index is 13.6. The zero-order valence-corrected chi connectivity index (χ0v) is 11.3. The minimum absolute atomic E-state index is 0.141. The minimum atomic E-state index is -0.316. The molecule has 2 amide bonds. The van der Waals surface area contributed by atoms with Crippen molar-refractivity contribution in [1.82, 2.24) is 20.2 Å². The second kappa shape index (κ2) is 5.11. The van der Waals surface area contributed by atoms with Gasteiger partial charge in [0.1, 0.15) is 11.3 Å². The van der Waals surface area contributed by atoms with Gasteiger partial charge in [-0.25, -0.2) is 14.2 Å². The molecule has 0 unspecified atom stereocenters. The number of aryl methyl sites for hydroxylation is 1. The van der Waals surface area contributed by atoms with Crippen molar-refractivity contribution in [2.45, 2.75) is 25.3 Å². The first-order valence-electron chi connectivity index (χ1n) is 6.79. The number of halogens is 1. The van der Waals surface area contributed by atoms with E-state index in [-0.39, 0.29) is 11.8 Å². The molecular weight excluding hydrogens is 259 g/mol. The summed E-state index contributed by atoms with van der Waals surface area (Å²) in [6, 6.07) is 5.12. The number of rotatable bonds is 4. The highest BCUT2D eigenvalue weighted by atomic mass is 19.1. The van der Waals surface area contributed by atoms with E-state index < -0.39 is 0 Å². The first-order valence-corrected chi connectivity index (χ1v) is 6.79. The van der Waals surface area contributed by atoms with Gasteiger partial charge >= 0.3 is 6.03 Å². The smallest absolute Gasteiger partial charge is 0.315 e. The van der Waals surface area contributed by atoms with Crippen molar-refractivity contribution in [3.63, 3.8) is 0 Å². The molecule has 1 fully saturated rings. The maximum atomic E-state index is 13.6. The normalized spacial score (nSPS) is 14.5. The van der Waals surface area contributed by atoms with Gasteiger partial charge in [0.05, 0.1) is 5.52 Å². The number of urea groups is 1. The number of carbonyl (C=O) groups excluding carboxylic acids is 1. The number of amides is 2. The molecule has 20 heavy (non-hydrogen) atoms. The van der Waals surface area contributed by atoms with Crippen LogP contribution in [-0.4, -0.2) is 28.2 Å². The topological polar surface area (TPSA) is 59.0 Å².